The van der Waals surface area contributed by atoms with Crippen LogP contribution >= 0.6 is 11.6 Å². The summed E-state index contributed by atoms with van der Waals surface area (Å²) < 4.78 is 6.31. The van der Waals surface area contributed by atoms with E-state index in [4.69, 9.17) is 11.6 Å². The van der Waals surface area contributed by atoms with Crippen molar-refractivity contribution >= 4 is 23.2 Å². The smallest absolute Gasteiger partial charge is 0.338 e. The van der Waals surface area contributed by atoms with Crippen LogP contribution < -0.4 is 0 Å². The number of rotatable bonds is 1. The fourth-order valence-electron chi connectivity index (χ4n) is 1.20. The Hall–Kier alpha value is -1.55. The van der Waals surface area contributed by atoms with Crippen molar-refractivity contribution in [2.24, 2.45) is 0 Å². The normalized spacial score (nSPS) is 10.4. The summed E-state index contributed by atoms with van der Waals surface area (Å²) in [7, 11) is 1.34. The minimum Gasteiger partial charge on any atom is -0.465 e. The van der Waals surface area contributed by atoms with Crippen LogP contribution in [0.4, 0.5) is 0 Å². The van der Waals surface area contributed by atoms with Crippen molar-refractivity contribution in [1.29, 1.82) is 0 Å². The van der Waals surface area contributed by atoms with Gasteiger partial charge in [0.1, 0.15) is 10.8 Å². The number of carbonyl (C=O) groups is 1. The third kappa shape index (κ3) is 1.44. The molecule has 0 aliphatic carbocycles. The Bertz CT molecular complexity index is 493. The van der Waals surface area contributed by atoms with Crippen LogP contribution in [0.25, 0.3) is 5.65 Å². The lowest BCUT2D eigenvalue weighted by Crippen LogP contribution is -2.01. The van der Waals surface area contributed by atoms with Crippen LogP contribution in [0.5, 0.6) is 0 Å². The molecule has 0 bridgehead atoms. The number of hydrogen-bond donors (Lipinski definition) is 0. The molecule has 2 rings (SSSR count). The molecule has 0 saturated heterocycles. The van der Waals surface area contributed by atoms with Gasteiger partial charge in [-0.25, -0.2) is 9.78 Å². The lowest BCUT2D eigenvalue weighted by Gasteiger charge is -1.98. The molecule has 0 spiro atoms. The maximum absolute atomic E-state index is 11.2. The quantitative estimate of drug-likeness (QED) is 0.674. The Morgan fingerprint density at radius 2 is 2.43 bits per heavy atom. The van der Waals surface area contributed by atoms with Gasteiger partial charge in [-0.05, 0) is 12.1 Å². The van der Waals surface area contributed by atoms with E-state index in [0.29, 0.717) is 16.4 Å². The van der Waals surface area contributed by atoms with E-state index in [0.717, 1.165) is 0 Å². The molecule has 0 saturated carbocycles. The molecule has 14 heavy (non-hydrogen) atoms. The molecule has 4 nitrogen and oxygen atoms in total. The van der Waals surface area contributed by atoms with Gasteiger partial charge in [0, 0.05) is 12.4 Å². The molecule has 0 aliphatic heterocycles. The molecular formula is C9H7ClN2O2. The maximum Gasteiger partial charge on any atom is 0.338 e. The molecule has 2 aromatic heterocycles. The molecule has 0 aromatic carbocycles. The molecule has 0 radical (unpaired) electrons. The highest BCUT2D eigenvalue weighted by molar-refractivity contribution is 6.29. The monoisotopic (exact) mass is 210 g/mol. The van der Waals surface area contributed by atoms with Crippen LogP contribution in [0.2, 0.25) is 5.15 Å². The second kappa shape index (κ2) is 3.31. The van der Waals surface area contributed by atoms with E-state index < -0.39 is 0 Å². The summed E-state index contributed by atoms with van der Waals surface area (Å²) in [4.78, 5) is 15.2. The number of methoxy groups -OCH3 is 1. The third-order valence-electron chi connectivity index (χ3n) is 1.85. The molecule has 0 N–H and O–H groups in total. The van der Waals surface area contributed by atoms with E-state index in [2.05, 4.69) is 9.72 Å². The first-order valence-electron chi connectivity index (χ1n) is 3.93. The van der Waals surface area contributed by atoms with Crippen LogP contribution in [0, 0.1) is 0 Å². The Morgan fingerprint density at radius 3 is 3.14 bits per heavy atom. The fourth-order valence-corrected chi connectivity index (χ4v) is 1.39. The van der Waals surface area contributed by atoms with Crippen molar-refractivity contribution < 1.29 is 9.53 Å². The van der Waals surface area contributed by atoms with Crippen molar-refractivity contribution in [1.82, 2.24) is 9.38 Å². The summed E-state index contributed by atoms with van der Waals surface area (Å²) in [5, 5.41) is 0.395. The number of fused-ring (bicyclic) bond motifs is 1. The van der Waals surface area contributed by atoms with E-state index >= 15 is 0 Å². The second-order valence-electron chi connectivity index (χ2n) is 2.74. The van der Waals surface area contributed by atoms with Crippen LogP contribution in [-0.4, -0.2) is 22.5 Å². The van der Waals surface area contributed by atoms with Gasteiger partial charge in [-0.15, -0.1) is 0 Å². The lowest BCUT2D eigenvalue weighted by molar-refractivity contribution is 0.0600. The SMILES string of the molecule is COC(=O)c1ccn2cc(Cl)nc2c1. The molecule has 5 heteroatoms. The summed E-state index contributed by atoms with van der Waals surface area (Å²) in [5.41, 5.74) is 1.08. The first kappa shape index (κ1) is 9.02. The third-order valence-corrected chi connectivity index (χ3v) is 2.03. The Balaban J connectivity index is 2.55. The Kier molecular flexibility index (Phi) is 2.13. The van der Waals surface area contributed by atoms with Gasteiger partial charge >= 0.3 is 5.97 Å². The average Bonchev–Trinajstić information content (AvgIpc) is 2.55. The van der Waals surface area contributed by atoms with Crippen LogP contribution in [0.15, 0.2) is 24.5 Å². The van der Waals surface area contributed by atoms with E-state index in [1.165, 1.54) is 7.11 Å². The minimum atomic E-state index is -0.383. The van der Waals surface area contributed by atoms with E-state index in [-0.39, 0.29) is 5.97 Å². The molecule has 0 amide bonds. The molecule has 0 atom stereocenters. The Labute approximate surface area is 85.1 Å². The highest BCUT2D eigenvalue weighted by Gasteiger charge is 2.07. The van der Waals surface area contributed by atoms with Crippen molar-refractivity contribution in [3.63, 3.8) is 0 Å². The van der Waals surface area contributed by atoms with Crippen molar-refractivity contribution in [2.75, 3.05) is 7.11 Å². The molecule has 0 aliphatic rings. The predicted octanol–water partition coefficient (Wildman–Crippen LogP) is 1.77. The van der Waals surface area contributed by atoms with Gasteiger partial charge in [-0.1, -0.05) is 11.6 Å². The fraction of sp³-hybridized carbons (Fsp3) is 0.111. The first-order chi connectivity index (χ1) is 6.70. The highest BCUT2D eigenvalue weighted by atomic mass is 35.5. The summed E-state index contributed by atoms with van der Waals surface area (Å²) >= 11 is 5.70. The summed E-state index contributed by atoms with van der Waals surface area (Å²) in [6, 6.07) is 3.27. The summed E-state index contributed by atoms with van der Waals surface area (Å²) in [6.07, 6.45) is 3.37. The number of aromatic nitrogens is 2. The van der Waals surface area contributed by atoms with E-state index in [1.807, 2.05) is 0 Å². The van der Waals surface area contributed by atoms with Gasteiger partial charge in [0.15, 0.2) is 0 Å². The molecule has 0 fully saturated rings. The number of carbonyl (C=O) groups excluding carboxylic acids is 1. The van der Waals surface area contributed by atoms with E-state index in [1.54, 1.807) is 28.9 Å². The lowest BCUT2D eigenvalue weighted by atomic mass is 10.3. The van der Waals surface area contributed by atoms with Gasteiger partial charge in [-0.3, -0.25) is 0 Å². The standard InChI is InChI=1S/C9H7ClN2O2/c1-14-9(13)6-2-3-12-5-7(10)11-8(12)4-6/h2-5H,1H3. The largest absolute Gasteiger partial charge is 0.465 e. The van der Waals surface area contributed by atoms with Gasteiger partial charge < -0.3 is 9.14 Å². The van der Waals surface area contributed by atoms with Gasteiger partial charge in [0.25, 0.3) is 0 Å². The number of pyridine rings is 1. The summed E-state index contributed by atoms with van der Waals surface area (Å²) in [5.74, 6) is -0.383. The number of halogens is 1. The maximum atomic E-state index is 11.2. The number of hydrogen-bond acceptors (Lipinski definition) is 3. The van der Waals surface area contributed by atoms with Crippen molar-refractivity contribution in [2.45, 2.75) is 0 Å². The zero-order chi connectivity index (χ0) is 10.1. The van der Waals surface area contributed by atoms with E-state index in [9.17, 15) is 4.79 Å². The number of imidazole rings is 1. The van der Waals surface area contributed by atoms with Gasteiger partial charge in [0.05, 0.1) is 12.7 Å². The van der Waals surface area contributed by atoms with Crippen LogP contribution in [0.1, 0.15) is 10.4 Å². The second-order valence-corrected chi connectivity index (χ2v) is 3.12. The Morgan fingerprint density at radius 1 is 1.64 bits per heavy atom. The van der Waals surface area contributed by atoms with Crippen molar-refractivity contribution in [3.05, 3.63) is 35.2 Å². The van der Waals surface area contributed by atoms with Gasteiger partial charge in [0.2, 0.25) is 0 Å². The zero-order valence-corrected chi connectivity index (χ0v) is 8.15. The molecule has 2 heterocycles. The highest BCUT2D eigenvalue weighted by Crippen LogP contribution is 2.12. The average molecular weight is 211 g/mol. The number of esters is 1. The molecule has 72 valence electrons. The first-order valence-corrected chi connectivity index (χ1v) is 4.31. The summed E-state index contributed by atoms with van der Waals surface area (Å²) in [6.45, 7) is 0. The number of nitrogens with zero attached hydrogens (tertiary/aromatic N) is 2. The minimum absolute atomic E-state index is 0.383. The predicted molar refractivity (Wildman–Crippen MR) is 51.5 cm³/mol. The van der Waals surface area contributed by atoms with Crippen LogP contribution in [-0.2, 0) is 4.74 Å². The molecule has 0 unspecified atom stereocenters. The number of ether oxygens (including phenoxy) is 1. The van der Waals surface area contributed by atoms with Gasteiger partial charge in [-0.2, -0.15) is 0 Å². The zero-order valence-electron chi connectivity index (χ0n) is 7.40. The topological polar surface area (TPSA) is 43.6 Å². The molecule has 2 aromatic rings. The van der Waals surface area contributed by atoms with Crippen molar-refractivity contribution in [3.8, 4) is 0 Å². The molecular weight excluding hydrogens is 204 g/mol. The van der Waals surface area contributed by atoms with Crippen LogP contribution in [0.3, 0.4) is 0 Å².